The number of aryl methyl sites for hydroxylation is 3. The van der Waals surface area contributed by atoms with Gasteiger partial charge in [-0.1, -0.05) is 30.3 Å². The first-order valence-electron chi connectivity index (χ1n) is 8.23. The van der Waals surface area contributed by atoms with Gasteiger partial charge in [0.2, 0.25) is 0 Å². The molecule has 0 fully saturated rings. The molecule has 2 aromatic carbocycles. The molecule has 0 radical (unpaired) electrons. The van der Waals surface area contributed by atoms with Crippen molar-refractivity contribution in [3.05, 3.63) is 64.7 Å². The van der Waals surface area contributed by atoms with Gasteiger partial charge in [-0.2, -0.15) is 0 Å². The lowest BCUT2D eigenvalue weighted by molar-refractivity contribution is 0.0693. The van der Waals surface area contributed by atoms with E-state index in [4.69, 9.17) is 9.84 Å². The minimum atomic E-state index is -0.971. The van der Waals surface area contributed by atoms with Crippen molar-refractivity contribution in [2.45, 2.75) is 32.1 Å². The maximum Gasteiger partial charge on any atom is 0.339 e. The number of ether oxygens (including phenoxy) is 1. The Labute approximate surface area is 142 Å². The van der Waals surface area contributed by atoms with E-state index in [9.17, 15) is 9.90 Å². The maximum absolute atomic E-state index is 11.3. The molecule has 0 saturated carbocycles. The summed E-state index contributed by atoms with van der Waals surface area (Å²) in [5.74, 6) is -0.584. The second-order valence-corrected chi connectivity index (χ2v) is 5.84. The van der Waals surface area contributed by atoms with Gasteiger partial charge in [-0.3, -0.25) is 0 Å². The third-order valence-corrected chi connectivity index (χ3v) is 4.09. The molecule has 0 aliphatic rings. The first-order valence-corrected chi connectivity index (χ1v) is 8.23. The zero-order valence-electron chi connectivity index (χ0n) is 14.0. The summed E-state index contributed by atoms with van der Waals surface area (Å²) in [6.45, 7) is 0.248. The average molecular weight is 328 g/mol. The molecule has 2 aromatic rings. The SMILES string of the molecule is COc1ccc(CCc2ccc(CCCCO)cc2)cc1C(=O)O. The van der Waals surface area contributed by atoms with Crippen LogP contribution in [0.1, 0.15) is 39.9 Å². The highest BCUT2D eigenvalue weighted by Crippen LogP contribution is 2.21. The summed E-state index contributed by atoms with van der Waals surface area (Å²) in [4.78, 5) is 11.3. The zero-order valence-corrected chi connectivity index (χ0v) is 14.0. The lowest BCUT2D eigenvalue weighted by Crippen LogP contribution is -2.02. The van der Waals surface area contributed by atoms with Crippen LogP contribution in [0.3, 0.4) is 0 Å². The molecule has 2 rings (SSSR count). The summed E-state index contributed by atoms with van der Waals surface area (Å²) in [5, 5.41) is 18.0. The number of hydrogen-bond donors (Lipinski definition) is 2. The first kappa shape index (κ1) is 18.0. The van der Waals surface area contributed by atoms with E-state index >= 15 is 0 Å². The van der Waals surface area contributed by atoms with Crippen LogP contribution in [0.2, 0.25) is 0 Å². The number of hydrogen-bond acceptors (Lipinski definition) is 3. The van der Waals surface area contributed by atoms with Gasteiger partial charge >= 0.3 is 5.97 Å². The summed E-state index contributed by atoms with van der Waals surface area (Å²) in [7, 11) is 1.48. The standard InChI is InChI=1S/C20H24O4/c1-24-19-12-11-17(14-18(19)20(22)23)10-9-16-7-5-15(6-8-16)4-2-3-13-21/h5-8,11-12,14,21H,2-4,9-10,13H2,1H3,(H,22,23). The maximum atomic E-state index is 11.3. The van der Waals surface area contributed by atoms with Crippen molar-refractivity contribution in [3.63, 3.8) is 0 Å². The van der Waals surface area contributed by atoms with Crippen LogP contribution < -0.4 is 4.74 Å². The Bertz CT molecular complexity index is 662. The molecule has 0 atom stereocenters. The molecule has 0 heterocycles. The fourth-order valence-electron chi connectivity index (χ4n) is 2.68. The number of aliphatic hydroxyl groups is 1. The molecule has 4 nitrogen and oxygen atoms in total. The van der Waals surface area contributed by atoms with Crippen molar-refractivity contribution in [3.8, 4) is 5.75 Å². The van der Waals surface area contributed by atoms with Crippen LogP contribution in [-0.4, -0.2) is 29.9 Å². The van der Waals surface area contributed by atoms with Crippen LogP contribution in [-0.2, 0) is 19.3 Å². The molecular formula is C20H24O4. The van der Waals surface area contributed by atoms with Crippen molar-refractivity contribution in [1.29, 1.82) is 0 Å². The van der Waals surface area contributed by atoms with Crippen LogP contribution >= 0.6 is 0 Å². The molecule has 0 aromatic heterocycles. The number of carbonyl (C=O) groups is 1. The van der Waals surface area contributed by atoms with Gasteiger partial charge in [0.05, 0.1) is 7.11 Å². The van der Waals surface area contributed by atoms with E-state index in [1.54, 1.807) is 12.1 Å². The van der Waals surface area contributed by atoms with Crippen LogP contribution in [0.5, 0.6) is 5.75 Å². The molecule has 0 bridgehead atoms. The molecule has 24 heavy (non-hydrogen) atoms. The summed E-state index contributed by atoms with van der Waals surface area (Å²) in [6.07, 6.45) is 4.47. The molecule has 4 heteroatoms. The molecule has 0 unspecified atom stereocenters. The van der Waals surface area contributed by atoms with Crippen molar-refractivity contribution in [1.82, 2.24) is 0 Å². The van der Waals surface area contributed by atoms with Crippen molar-refractivity contribution in [2.75, 3.05) is 13.7 Å². The Kier molecular flexibility index (Phi) is 6.82. The highest BCUT2D eigenvalue weighted by molar-refractivity contribution is 5.91. The van der Waals surface area contributed by atoms with Gasteiger partial charge in [-0.15, -0.1) is 0 Å². The van der Waals surface area contributed by atoms with Gasteiger partial charge in [0.1, 0.15) is 11.3 Å². The predicted molar refractivity (Wildman–Crippen MR) is 93.8 cm³/mol. The number of methoxy groups -OCH3 is 1. The fourth-order valence-corrected chi connectivity index (χ4v) is 2.68. The van der Waals surface area contributed by atoms with E-state index in [-0.39, 0.29) is 12.2 Å². The van der Waals surface area contributed by atoms with Gasteiger partial charge in [-0.25, -0.2) is 4.79 Å². The molecular weight excluding hydrogens is 304 g/mol. The van der Waals surface area contributed by atoms with Crippen LogP contribution in [0.15, 0.2) is 42.5 Å². The van der Waals surface area contributed by atoms with E-state index in [0.717, 1.165) is 37.7 Å². The van der Waals surface area contributed by atoms with Gasteiger partial charge < -0.3 is 14.9 Å². The van der Waals surface area contributed by atoms with E-state index in [1.807, 2.05) is 6.07 Å². The number of rotatable bonds is 9. The lowest BCUT2D eigenvalue weighted by Gasteiger charge is -2.08. The van der Waals surface area contributed by atoms with E-state index in [0.29, 0.717) is 5.75 Å². The number of aromatic carboxylic acids is 1. The summed E-state index contributed by atoms with van der Waals surface area (Å²) < 4.78 is 5.08. The number of benzene rings is 2. The second kappa shape index (κ2) is 9.08. The van der Waals surface area contributed by atoms with Gasteiger partial charge in [0, 0.05) is 6.61 Å². The normalized spacial score (nSPS) is 10.6. The molecule has 0 spiro atoms. The van der Waals surface area contributed by atoms with Crippen LogP contribution in [0.25, 0.3) is 0 Å². The van der Waals surface area contributed by atoms with E-state index in [1.165, 1.54) is 18.2 Å². The van der Waals surface area contributed by atoms with Crippen molar-refractivity contribution < 1.29 is 19.7 Å². The van der Waals surface area contributed by atoms with Crippen molar-refractivity contribution in [2.24, 2.45) is 0 Å². The smallest absolute Gasteiger partial charge is 0.339 e. The predicted octanol–water partition coefficient (Wildman–Crippen LogP) is 3.49. The quantitative estimate of drug-likeness (QED) is 0.692. The Balaban J connectivity index is 1.95. The monoisotopic (exact) mass is 328 g/mol. The minimum Gasteiger partial charge on any atom is -0.496 e. The number of carboxylic acids is 1. The van der Waals surface area contributed by atoms with Crippen LogP contribution in [0.4, 0.5) is 0 Å². The van der Waals surface area contributed by atoms with Gasteiger partial charge in [0.25, 0.3) is 0 Å². The second-order valence-electron chi connectivity index (χ2n) is 5.84. The first-order chi connectivity index (χ1) is 11.6. The highest BCUT2D eigenvalue weighted by atomic mass is 16.5. The Hall–Kier alpha value is -2.33. The Morgan fingerprint density at radius 1 is 0.917 bits per heavy atom. The molecule has 0 amide bonds. The number of aliphatic hydroxyl groups excluding tert-OH is 1. The molecule has 0 aliphatic heterocycles. The van der Waals surface area contributed by atoms with E-state index < -0.39 is 5.97 Å². The average Bonchev–Trinajstić information content (AvgIpc) is 2.61. The van der Waals surface area contributed by atoms with Crippen LogP contribution in [0, 0.1) is 0 Å². The highest BCUT2D eigenvalue weighted by Gasteiger charge is 2.11. The summed E-state index contributed by atoms with van der Waals surface area (Å²) in [5.41, 5.74) is 3.70. The largest absolute Gasteiger partial charge is 0.496 e. The summed E-state index contributed by atoms with van der Waals surface area (Å²) in [6, 6.07) is 13.8. The number of carboxylic acid groups (broad SMARTS) is 1. The third-order valence-electron chi connectivity index (χ3n) is 4.09. The van der Waals surface area contributed by atoms with Gasteiger partial charge in [-0.05, 0) is 60.9 Å². The topological polar surface area (TPSA) is 66.8 Å². The Morgan fingerprint density at radius 3 is 2.08 bits per heavy atom. The Morgan fingerprint density at radius 2 is 1.50 bits per heavy atom. The molecule has 128 valence electrons. The zero-order chi connectivity index (χ0) is 17.4. The van der Waals surface area contributed by atoms with E-state index in [2.05, 4.69) is 24.3 Å². The van der Waals surface area contributed by atoms with Gasteiger partial charge in [0.15, 0.2) is 0 Å². The number of unbranched alkanes of at least 4 members (excludes halogenated alkanes) is 1. The minimum absolute atomic E-state index is 0.203. The molecule has 0 aliphatic carbocycles. The van der Waals surface area contributed by atoms with Crippen molar-refractivity contribution >= 4 is 5.97 Å². The molecule has 2 N–H and O–H groups in total. The lowest BCUT2D eigenvalue weighted by atomic mass is 10.00. The molecule has 0 saturated heterocycles. The third kappa shape index (κ3) is 5.10. The summed E-state index contributed by atoms with van der Waals surface area (Å²) >= 11 is 0. The fraction of sp³-hybridized carbons (Fsp3) is 0.350.